The molecule has 0 aliphatic heterocycles. The zero-order chi connectivity index (χ0) is 13.9. The molecule has 2 heteroatoms. The fourth-order valence-corrected chi connectivity index (χ4v) is 1.62. The predicted octanol–water partition coefficient (Wildman–Crippen LogP) is 3.44. The second-order valence-corrected chi connectivity index (χ2v) is 3.50. The van der Waals surface area contributed by atoms with Crippen LogP contribution in [0.3, 0.4) is 0 Å². The van der Waals surface area contributed by atoms with Crippen LogP contribution in [-0.4, -0.2) is 5.26 Å². The van der Waals surface area contributed by atoms with Gasteiger partial charge in [0.1, 0.15) is 0 Å². The molecule has 82 valence electrons. The molecule has 0 heterocycles. The fraction of sp³-hybridized carbons (Fsp3) is 0.143. The standard InChI is InChI=1S/C14H14O2/c1-14(16-15,12-8-4-2-5-9-12)13-10-6-3-7-11-13/h2-11,15H,1H3/i1D3. The van der Waals surface area contributed by atoms with Crippen LogP contribution < -0.4 is 0 Å². The maximum atomic E-state index is 9.36. The van der Waals surface area contributed by atoms with Crippen LogP contribution in [0.5, 0.6) is 0 Å². The maximum Gasteiger partial charge on any atom is 0.150 e. The Balaban J connectivity index is 2.70. The lowest BCUT2D eigenvalue weighted by molar-refractivity contribution is -0.310. The van der Waals surface area contributed by atoms with E-state index in [1.807, 2.05) is 0 Å². The van der Waals surface area contributed by atoms with Gasteiger partial charge < -0.3 is 0 Å². The average Bonchev–Trinajstić information content (AvgIpc) is 2.41. The average molecular weight is 217 g/mol. The summed E-state index contributed by atoms with van der Waals surface area (Å²) in [6, 6.07) is 16.9. The van der Waals surface area contributed by atoms with E-state index >= 15 is 0 Å². The molecule has 0 radical (unpaired) electrons. The van der Waals surface area contributed by atoms with Crippen LogP contribution in [0.2, 0.25) is 0 Å². The van der Waals surface area contributed by atoms with Crippen LogP contribution in [0.1, 0.15) is 22.1 Å². The summed E-state index contributed by atoms with van der Waals surface area (Å²) in [7, 11) is 0. The van der Waals surface area contributed by atoms with Gasteiger partial charge in [0.25, 0.3) is 0 Å². The van der Waals surface area contributed by atoms with Crippen molar-refractivity contribution in [3.05, 3.63) is 71.8 Å². The van der Waals surface area contributed by atoms with Crippen molar-refractivity contribution in [2.75, 3.05) is 0 Å². The molecule has 2 aromatic carbocycles. The first kappa shape index (κ1) is 7.60. The highest BCUT2D eigenvalue weighted by atomic mass is 17.1. The van der Waals surface area contributed by atoms with Crippen LogP contribution >= 0.6 is 0 Å². The molecule has 0 aliphatic carbocycles. The molecule has 2 nitrogen and oxygen atoms in total. The Hall–Kier alpha value is -1.64. The largest absolute Gasteiger partial charge is 0.251 e. The monoisotopic (exact) mass is 217 g/mol. The van der Waals surface area contributed by atoms with Crippen molar-refractivity contribution in [3.63, 3.8) is 0 Å². The molecular weight excluding hydrogens is 200 g/mol. The summed E-state index contributed by atoms with van der Waals surface area (Å²) in [5.74, 6) is 0. The minimum Gasteiger partial charge on any atom is -0.251 e. The first-order valence-corrected chi connectivity index (χ1v) is 4.96. The van der Waals surface area contributed by atoms with Gasteiger partial charge in [-0.25, -0.2) is 4.89 Å². The summed E-state index contributed by atoms with van der Waals surface area (Å²) >= 11 is 0. The van der Waals surface area contributed by atoms with E-state index in [0.717, 1.165) is 0 Å². The van der Waals surface area contributed by atoms with Gasteiger partial charge in [-0.3, -0.25) is 5.26 Å². The first-order chi connectivity index (χ1) is 9.02. The van der Waals surface area contributed by atoms with Crippen LogP contribution in [0, 0.1) is 0 Å². The molecule has 0 saturated heterocycles. The summed E-state index contributed by atoms with van der Waals surface area (Å²) in [6.45, 7) is -2.55. The predicted molar refractivity (Wildman–Crippen MR) is 63.1 cm³/mol. The van der Waals surface area contributed by atoms with Crippen LogP contribution in [0.25, 0.3) is 0 Å². The lowest BCUT2D eigenvalue weighted by Gasteiger charge is -2.26. The number of benzene rings is 2. The lowest BCUT2D eigenvalue weighted by atomic mass is 9.88. The van der Waals surface area contributed by atoms with Crippen molar-refractivity contribution >= 4 is 0 Å². The third-order valence-electron chi connectivity index (χ3n) is 2.50. The zero-order valence-corrected chi connectivity index (χ0v) is 8.63. The third kappa shape index (κ3) is 1.85. The second kappa shape index (κ2) is 4.47. The lowest BCUT2D eigenvalue weighted by Crippen LogP contribution is -2.25. The smallest absolute Gasteiger partial charge is 0.150 e. The Morgan fingerprint density at radius 3 is 1.69 bits per heavy atom. The summed E-state index contributed by atoms with van der Waals surface area (Å²) in [5.41, 5.74) is -1.12. The van der Waals surface area contributed by atoms with Gasteiger partial charge in [-0.2, -0.15) is 0 Å². The third-order valence-corrected chi connectivity index (χ3v) is 2.50. The second-order valence-electron chi connectivity index (χ2n) is 3.50. The molecule has 0 unspecified atom stereocenters. The Morgan fingerprint density at radius 2 is 1.38 bits per heavy atom. The number of hydrogen-bond acceptors (Lipinski definition) is 2. The van der Waals surface area contributed by atoms with Crippen molar-refractivity contribution in [1.29, 1.82) is 0 Å². The molecule has 0 aliphatic rings. The molecule has 0 saturated carbocycles. The quantitative estimate of drug-likeness (QED) is 0.630. The molecule has 0 atom stereocenters. The van der Waals surface area contributed by atoms with E-state index in [4.69, 9.17) is 4.11 Å². The Bertz CT molecular complexity index is 484. The van der Waals surface area contributed by atoms with E-state index in [0.29, 0.717) is 11.1 Å². The SMILES string of the molecule is [2H]C([2H])([2H])C(OO)(c1ccccc1)c1ccccc1. The summed E-state index contributed by atoms with van der Waals surface area (Å²) < 4.78 is 23.3. The molecule has 16 heavy (non-hydrogen) atoms. The van der Waals surface area contributed by atoms with E-state index in [1.165, 1.54) is 0 Å². The van der Waals surface area contributed by atoms with E-state index in [9.17, 15) is 5.26 Å². The normalized spacial score (nSPS) is 14.9. The van der Waals surface area contributed by atoms with Gasteiger partial charge in [-0.15, -0.1) is 0 Å². The van der Waals surface area contributed by atoms with Crippen LogP contribution in [-0.2, 0) is 10.5 Å². The summed E-state index contributed by atoms with van der Waals surface area (Å²) in [4.78, 5) is 4.51. The molecule has 1 N–H and O–H groups in total. The van der Waals surface area contributed by atoms with Crippen molar-refractivity contribution < 1.29 is 14.3 Å². The van der Waals surface area contributed by atoms with Gasteiger partial charge in [0.2, 0.25) is 0 Å². The topological polar surface area (TPSA) is 29.5 Å². The minimum absolute atomic E-state index is 0.378. The molecule has 0 aromatic heterocycles. The van der Waals surface area contributed by atoms with Gasteiger partial charge >= 0.3 is 0 Å². The summed E-state index contributed by atoms with van der Waals surface area (Å²) in [5, 5.41) is 9.36. The van der Waals surface area contributed by atoms with Crippen molar-refractivity contribution in [2.24, 2.45) is 0 Å². The highest BCUT2D eigenvalue weighted by Gasteiger charge is 2.30. The molecule has 2 aromatic rings. The Kier molecular flexibility index (Phi) is 2.13. The summed E-state index contributed by atoms with van der Waals surface area (Å²) in [6.07, 6.45) is 0. The van der Waals surface area contributed by atoms with Crippen molar-refractivity contribution in [2.45, 2.75) is 12.5 Å². The van der Waals surface area contributed by atoms with Crippen LogP contribution in [0.15, 0.2) is 60.7 Å². The van der Waals surface area contributed by atoms with E-state index < -0.39 is 12.5 Å². The molecular formula is C14H14O2. The minimum atomic E-state index is -2.55. The number of rotatable bonds is 3. The van der Waals surface area contributed by atoms with Gasteiger partial charge in [-0.05, 0) is 18.0 Å². The molecule has 0 spiro atoms. The highest BCUT2D eigenvalue weighted by molar-refractivity contribution is 5.35. The first-order valence-electron chi connectivity index (χ1n) is 6.46. The van der Waals surface area contributed by atoms with Gasteiger partial charge in [0.05, 0.1) is 0 Å². The van der Waals surface area contributed by atoms with Gasteiger partial charge in [0.15, 0.2) is 5.60 Å². The fourth-order valence-electron chi connectivity index (χ4n) is 1.62. The van der Waals surface area contributed by atoms with E-state index in [1.54, 1.807) is 60.7 Å². The Labute approximate surface area is 99.3 Å². The van der Waals surface area contributed by atoms with E-state index in [-0.39, 0.29) is 0 Å². The zero-order valence-electron chi connectivity index (χ0n) is 11.6. The highest BCUT2D eigenvalue weighted by Crippen LogP contribution is 2.31. The van der Waals surface area contributed by atoms with Gasteiger partial charge in [0, 0.05) is 4.11 Å². The Morgan fingerprint density at radius 1 is 0.938 bits per heavy atom. The molecule has 0 amide bonds. The molecule has 2 rings (SSSR count). The number of hydrogen-bond donors (Lipinski definition) is 1. The van der Waals surface area contributed by atoms with Gasteiger partial charge in [-0.1, -0.05) is 60.7 Å². The van der Waals surface area contributed by atoms with Crippen LogP contribution in [0.4, 0.5) is 0 Å². The van der Waals surface area contributed by atoms with Crippen molar-refractivity contribution in [1.82, 2.24) is 0 Å². The van der Waals surface area contributed by atoms with Crippen molar-refractivity contribution in [3.8, 4) is 0 Å². The maximum absolute atomic E-state index is 9.36. The molecule has 0 bridgehead atoms. The molecule has 0 fully saturated rings. The van der Waals surface area contributed by atoms with E-state index in [2.05, 4.69) is 4.89 Å².